The number of carbonyl (C=O) groups excluding carboxylic acids is 1. The number of hydrogen-bond donors (Lipinski definition) is 1. The Morgan fingerprint density at radius 3 is 2.70 bits per heavy atom. The highest BCUT2D eigenvalue weighted by Gasteiger charge is 2.19. The van der Waals surface area contributed by atoms with E-state index in [0.717, 1.165) is 22.6 Å². The molecular formula is C22H20N2O3. The van der Waals surface area contributed by atoms with Crippen LogP contribution in [0.2, 0.25) is 0 Å². The van der Waals surface area contributed by atoms with Crippen LogP contribution in [-0.2, 0) is 4.79 Å². The number of anilines is 1. The van der Waals surface area contributed by atoms with Gasteiger partial charge in [0.2, 0.25) is 0 Å². The lowest BCUT2D eigenvalue weighted by Gasteiger charge is -2.23. The number of nitrogens with one attached hydrogen (secondary N) is 1. The highest BCUT2D eigenvalue weighted by Crippen LogP contribution is 2.30. The van der Waals surface area contributed by atoms with E-state index in [2.05, 4.69) is 5.32 Å². The quantitative estimate of drug-likeness (QED) is 0.636. The minimum absolute atomic E-state index is 0.0185. The molecule has 1 amide bonds. The maximum absolute atomic E-state index is 12.5. The van der Waals surface area contributed by atoms with E-state index in [0.29, 0.717) is 12.3 Å². The summed E-state index contributed by atoms with van der Waals surface area (Å²) in [4.78, 5) is 12.5. The number of carbonyl (C=O) groups is 1. The molecule has 1 heterocycles. The van der Waals surface area contributed by atoms with Crippen molar-refractivity contribution in [2.75, 3.05) is 11.9 Å². The predicted octanol–water partition coefficient (Wildman–Crippen LogP) is 4.34. The normalized spacial score (nSPS) is 15.7. The van der Waals surface area contributed by atoms with Gasteiger partial charge in [-0.25, -0.2) is 0 Å². The molecule has 0 bridgehead atoms. The van der Waals surface area contributed by atoms with Gasteiger partial charge in [-0.3, -0.25) is 4.79 Å². The van der Waals surface area contributed by atoms with E-state index in [1.807, 2.05) is 50.3 Å². The molecule has 5 heteroatoms. The number of nitriles is 1. The van der Waals surface area contributed by atoms with Crippen molar-refractivity contribution < 1.29 is 14.3 Å². The summed E-state index contributed by atoms with van der Waals surface area (Å²) in [5, 5.41) is 12.2. The molecule has 1 aliphatic rings. The Morgan fingerprint density at radius 2 is 2.00 bits per heavy atom. The van der Waals surface area contributed by atoms with E-state index in [4.69, 9.17) is 9.47 Å². The summed E-state index contributed by atoms with van der Waals surface area (Å²) in [5.41, 5.74) is 2.31. The van der Waals surface area contributed by atoms with Crippen LogP contribution in [0.5, 0.6) is 11.5 Å². The number of fused-ring (bicyclic) bond motifs is 1. The van der Waals surface area contributed by atoms with Crippen LogP contribution in [0.15, 0.2) is 65.8 Å². The lowest BCUT2D eigenvalue weighted by molar-refractivity contribution is -0.112. The molecule has 0 aliphatic carbocycles. The van der Waals surface area contributed by atoms with Crippen LogP contribution in [0.1, 0.15) is 19.4 Å². The first-order valence-electron chi connectivity index (χ1n) is 8.74. The number of amides is 1. The molecule has 1 atom stereocenters. The number of benzene rings is 2. The zero-order valence-corrected chi connectivity index (χ0v) is 15.2. The summed E-state index contributed by atoms with van der Waals surface area (Å²) in [5.74, 6) is 1.05. The van der Waals surface area contributed by atoms with E-state index in [1.165, 1.54) is 0 Å². The summed E-state index contributed by atoms with van der Waals surface area (Å²) in [7, 11) is 0. The maximum Gasteiger partial charge on any atom is 0.266 e. The highest BCUT2D eigenvalue weighted by atomic mass is 16.5. The first-order chi connectivity index (χ1) is 13.1. The fraction of sp³-hybridized carbons (Fsp3) is 0.182. The van der Waals surface area contributed by atoms with Gasteiger partial charge in [-0.15, -0.1) is 0 Å². The fourth-order valence-corrected chi connectivity index (χ4v) is 2.74. The van der Waals surface area contributed by atoms with E-state index < -0.39 is 5.91 Å². The standard InChI is InChI=1S/C22H20N2O3/c1-3-26-20-10-8-19(9-11-20)24-22(25)18(14-23)13-17-12-16-6-4-5-7-21(16)27-15(17)2/h4-13,15H,3H2,1-2H3,(H,24,25)/b18-13+. The van der Waals surface area contributed by atoms with Gasteiger partial charge in [-0.05, 0) is 61.9 Å². The monoisotopic (exact) mass is 360 g/mol. The molecule has 0 radical (unpaired) electrons. The average molecular weight is 360 g/mol. The summed E-state index contributed by atoms with van der Waals surface area (Å²) < 4.78 is 11.2. The molecule has 1 N–H and O–H groups in total. The van der Waals surface area contributed by atoms with Crippen LogP contribution >= 0.6 is 0 Å². The van der Waals surface area contributed by atoms with Crippen molar-refractivity contribution in [2.45, 2.75) is 20.0 Å². The number of para-hydroxylation sites is 1. The molecule has 1 unspecified atom stereocenters. The smallest absolute Gasteiger partial charge is 0.266 e. The Bertz CT molecular complexity index is 937. The van der Waals surface area contributed by atoms with Gasteiger partial charge in [0.1, 0.15) is 29.2 Å². The van der Waals surface area contributed by atoms with E-state index >= 15 is 0 Å². The minimum atomic E-state index is -0.464. The Balaban J connectivity index is 1.79. The fourth-order valence-electron chi connectivity index (χ4n) is 2.74. The summed E-state index contributed by atoms with van der Waals surface area (Å²) in [6.07, 6.45) is 3.26. The molecule has 0 saturated carbocycles. The van der Waals surface area contributed by atoms with Crippen LogP contribution in [0.4, 0.5) is 5.69 Å². The Hall–Kier alpha value is -3.52. The van der Waals surface area contributed by atoms with Crippen molar-refractivity contribution in [2.24, 2.45) is 0 Å². The van der Waals surface area contributed by atoms with Gasteiger partial charge in [0.05, 0.1) is 6.61 Å². The molecule has 27 heavy (non-hydrogen) atoms. The lowest BCUT2D eigenvalue weighted by Crippen LogP contribution is -2.20. The van der Waals surface area contributed by atoms with Gasteiger partial charge in [0.15, 0.2) is 0 Å². The van der Waals surface area contributed by atoms with Crippen LogP contribution in [0.25, 0.3) is 6.08 Å². The minimum Gasteiger partial charge on any atom is -0.494 e. The van der Waals surface area contributed by atoms with Crippen molar-refractivity contribution in [3.63, 3.8) is 0 Å². The van der Waals surface area contributed by atoms with E-state index in [1.54, 1.807) is 30.3 Å². The SMILES string of the molecule is CCOc1ccc(NC(=O)/C(C#N)=C/C2=Cc3ccccc3OC2C)cc1. The second-order valence-corrected chi connectivity index (χ2v) is 6.02. The van der Waals surface area contributed by atoms with E-state index in [-0.39, 0.29) is 11.7 Å². The Labute approximate surface area is 158 Å². The van der Waals surface area contributed by atoms with E-state index in [9.17, 15) is 10.1 Å². The van der Waals surface area contributed by atoms with Crippen molar-refractivity contribution in [1.82, 2.24) is 0 Å². The van der Waals surface area contributed by atoms with Crippen LogP contribution < -0.4 is 14.8 Å². The number of nitrogens with zero attached hydrogens (tertiary/aromatic N) is 1. The largest absolute Gasteiger partial charge is 0.494 e. The highest BCUT2D eigenvalue weighted by molar-refractivity contribution is 6.07. The van der Waals surface area contributed by atoms with Crippen molar-refractivity contribution >= 4 is 17.7 Å². The number of hydrogen-bond acceptors (Lipinski definition) is 4. The van der Waals surface area contributed by atoms with Crippen LogP contribution in [-0.4, -0.2) is 18.6 Å². The lowest BCUT2D eigenvalue weighted by atomic mass is 10.0. The van der Waals surface area contributed by atoms with Crippen LogP contribution in [0, 0.1) is 11.3 Å². The molecule has 5 nitrogen and oxygen atoms in total. The molecule has 0 saturated heterocycles. The molecule has 0 aromatic heterocycles. The predicted molar refractivity (Wildman–Crippen MR) is 104 cm³/mol. The summed E-state index contributed by atoms with van der Waals surface area (Å²) in [6.45, 7) is 4.37. The van der Waals surface area contributed by atoms with Crippen molar-refractivity contribution in [3.8, 4) is 17.6 Å². The van der Waals surface area contributed by atoms with Gasteiger partial charge in [0.25, 0.3) is 5.91 Å². The third-order valence-corrected chi connectivity index (χ3v) is 4.11. The topological polar surface area (TPSA) is 71.3 Å². The molecule has 1 aliphatic heterocycles. The van der Waals surface area contributed by atoms with Gasteiger partial charge < -0.3 is 14.8 Å². The third kappa shape index (κ3) is 4.36. The first kappa shape index (κ1) is 18.3. The third-order valence-electron chi connectivity index (χ3n) is 4.11. The Morgan fingerprint density at radius 1 is 1.26 bits per heavy atom. The first-order valence-corrected chi connectivity index (χ1v) is 8.74. The Kier molecular flexibility index (Phi) is 5.58. The van der Waals surface area contributed by atoms with Gasteiger partial charge in [0, 0.05) is 11.3 Å². The second-order valence-electron chi connectivity index (χ2n) is 6.02. The molecule has 136 valence electrons. The maximum atomic E-state index is 12.5. The average Bonchev–Trinajstić information content (AvgIpc) is 2.68. The summed E-state index contributed by atoms with van der Waals surface area (Å²) in [6, 6.07) is 16.6. The van der Waals surface area contributed by atoms with Gasteiger partial charge in [-0.2, -0.15) is 5.26 Å². The molecular weight excluding hydrogens is 340 g/mol. The summed E-state index contributed by atoms with van der Waals surface area (Å²) >= 11 is 0. The molecule has 3 rings (SSSR count). The van der Waals surface area contributed by atoms with Crippen molar-refractivity contribution in [3.05, 3.63) is 71.3 Å². The number of rotatable bonds is 5. The van der Waals surface area contributed by atoms with Gasteiger partial charge in [-0.1, -0.05) is 18.2 Å². The zero-order valence-electron chi connectivity index (χ0n) is 15.2. The van der Waals surface area contributed by atoms with Gasteiger partial charge >= 0.3 is 0 Å². The second kappa shape index (κ2) is 8.24. The molecule has 2 aromatic rings. The molecule has 2 aromatic carbocycles. The van der Waals surface area contributed by atoms with Crippen molar-refractivity contribution in [1.29, 1.82) is 5.26 Å². The molecule has 0 spiro atoms. The molecule has 0 fully saturated rings. The van der Waals surface area contributed by atoms with Crippen LogP contribution in [0.3, 0.4) is 0 Å². The zero-order chi connectivity index (χ0) is 19.2. The number of ether oxygens (including phenoxy) is 2.